The average Bonchev–Trinajstić information content (AvgIpc) is 4.24. The number of ether oxygens (including phenoxy) is 7. The SMILES string of the molecule is CC(C)(C)OC(=O)NC(Cc1ccccc1)C1CO1.COc1ccc(S(=O)(=O)N(C[C@@H](O)[C@H](Cc2ccccc2)NC(=O)OC(C)(C)C)OC2CCOCC2)cc1.COc1ccc(S(=O)(=O)NOC2CCOCC2)cc1. The minimum absolute atomic E-state index is 0.0164. The summed E-state index contributed by atoms with van der Waals surface area (Å²) in [4.78, 5) is 37.9. The summed E-state index contributed by atoms with van der Waals surface area (Å²) in [6.45, 7) is 13.1. The van der Waals surface area contributed by atoms with Crippen molar-refractivity contribution in [3.63, 3.8) is 0 Å². The molecule has 22 heteroatoms. The first-order chi connectivity index (χ1) is 36.0. The van der Waals surface area contributed by atoms with E-state index >= 15 is 0 Å². The minimum Gasteiger partial charge on any atom is -0.497 e. The molecule has 0 spiro atoms. The lowest BCUT2D eigenvalue weighted by molar-refractivity contribution is -0.170. The lowest BCUT2D eigenvalue weighted by atomic mass is 10.0. The zero-order chi connectivity index (χ0) is 55.4. The number of methoxy groups -OCH3 is 2. The second-order valence-corrected chi connectivity index (χ2v) is 23.6. The third-order valence-electron chi connectivity index (χ3n) is 11.5. The van der Waals surface area contributed by atoms with Crippen molar-refractivity contribution in [2.75, 3.05) is 53.8 Å². The van der Waals surface area contributed by atoms with E-state index in [0.29, 0.717) is 70.2 Å². The van der Waals surface area contributed by atoms with E-state index in [9.17, 15) is 31.5 Å². The molecule has 2 amide bonds. The molecule has 4 aromatic carbocycles. The number of alkyl carbamates (subject to hydrolysis) is 2. The Balaban J connectivity index is 0.000000234. The molecule has 3 aliphatic rings. The molecule has 420 valence electrons. The predicted molar refractivity (Wildman–Crippen MR) is 282 cm³/mol. The molecule has 0 aromatic heterocycles. The fourth-order valence-electron chi connectivity index (χ4n) is 7.52. The maximum Gasteiger partial charge on any atom is 0.407 e. The van der Waals surface area contributed by atoms with Gasteiger partial charge in [0, 0.05) is 26.4 Å². The van der Waals surface area contributed by atoms with Crippen LogP contribution < -0.4 is 25.0 Å². The molecule has 0 saturated carbocycles. The molecule has 3 aliphatic heterocycles. The van der Waals surface area contributed by atoms with Gasteiger partial charge in [-0.05, 0) is 140 Å². The van der Waals surface area contributed by atoms with E-state index in [1.807, 2.05) is 81.4 Å². The Kier molecular flexibility index (Phi) is 23.7. The Morgan fingerprint density at radius 2 is 1.09 bits per heavy atom. The summed E-state index contributed by atoms with van der Waals surface area (Å²) in [5, 5.41) is 16.9. The number of hydrogen-bond acceptors (Lipinski definition) is 16. The van der Waals surface area contributed by atoms with Crippen molar-refractivity contribution in [2.45, 2.75) is 138 Å². The second kappa shape index (κ2) is 29.4. The van der Waals surface area contributed by atoms with Crippen LogP contribution in [0.2, 0.25) is 0 Å². The van der Waals surface area contributed by atoms with E-state index in [2.05, 4.69) is 15.5 Å². The molecule has 76 heavy (non-hydrogen) atoms. The summed E-state index contributed by atoms with van der Waals surface area (Å²) in [7, 11) is -4.81. The Bertz CT molecular complexity index is 2570. The van der Waals surface area contributed by atoms with Crippen LogP contribution in [0.3, 0.4) is 0 Å². The van der Waals surface area contributed by atoms with Gasteiger partial charge in [-0.1, -0.05) is 70.0 Å². The van der Waals surface area contributed by atoms with Crippen LogP contribution in [0, 0.1) is 0 Å². The number of carbonyl (C=O) groups is 2. The topological polar surface area (TPSA) is 248 Å². The molecule has 2 unspecified atom stereocenters. The third-order valence-corrected chi connectivity index (χ3v) is 14.4. The number of hydroxylamine groups is 1. The largest absolute Gasteiger partial charge is 0.497 e. The van der Waals surface area contributed by atoms with Gasteiger partial charge in [-0.15, -0.1) is 0 Å². The number of nitrogens with one attached hydrogen (secondary N) is 3. The van der Waals surface area contributed by atoms with Gasteiger partial charge in [-0.2, -0.15) is 0 Å². The van der Waals surface area contributed by atoms with Crippen molar-refractivity contribution in [3.05, 3.63) is 120 Å². The third kappa shape index (κ3) is 21.9. The smallest absolute Gasteiger partial charge is 0.407 e. The summed E-state index contributed by atoms with van der Waals surface area (Å²) in [5.74, 6) is 1.11. The minimum atomic E-state index is -4.17. The summed E-state index contributed by atoms with van der Waals surface area (Å²) in [5.41, 5.74) is 0.801. The first kappa shape index (κ1) is 61.5. The van der Waals surface area contributed by atoms with Gasteiger partial charge >= 0.3 is 12.2 Å². The molecule has 0 radical (unpaired) electrons. The predicted octanol–water partition coefficient (Wildman–Crippen LogP) is 6.90. The normalized spacial score (nSPS) is 17.5. The van der Waals surface area contributed by atoms with E-state index in [4.69, 9.17) is 42.8 Å². The van der Waals surface area contributed by atoms with Crippen molar-refractivity contribution in [3.8, 4) is 11.5 Å². The monoisotopic (exact) mass is 1100 g/mol. The molecule has 3 saturated heterocycles. The number of epoxide rings is 1. The van der Waals surface area contributed by atoms with Gasteiger partial charge in [0.1, 0.15) is 28.8 Å². The lowest BCUT2D eigenvalue weighted by Gasteiger charge is -2.32. The summed E-state index contributed by atoms with van der Waals surface area (Å²) in [6.07, 6.45) is 0.523. The summed E-state index contributed by atoms with van der Waals surface area (Å²) < 4.78 is 88.7. The summed E-state index contributed by atoms with van der Waals surface area (Å²) >= 11 is 0. The van der Waals surface area contributed by atoms with Crippen LogP contribution in [0.4, 0.5) is 9.59 Å². The van der Waals surface area contributed by atoms with E-state index in [0.717, 1.165) is 16.5 Å². The van der Waals surface area contributed by atoms with Crippen molar-refractivity contribution < 1.29 is 74.4 Å². The van der Waals surface area contributed by atoms with Crippen LogP contribution in [0.5, 0.6) is 11.5 Å². The molecule has 3 fully saturated rings. The van der Waals surface area contributed by atoms with Gasteiger partial charge in [0.05, 0.1) is 67.6 Å². The standard InChI is InChI=1S/C27H38N2O8S.C15H21NO3.C12H17NO5S/c1-27(2,3)36-26(31)28-24(18-20-8-6-5-7-9-20)25(30)19-29(37-22-14-16-35-17-15-22)38(32,33)23-12-10-21(34-4)11-13-23;1-15(2,3)19-14(17)16-12(13-10-18-13)9-11-7-5-4-6-8-11;1-16-10-2-4-12(5-3-10)19(14,15)13-18-11-6-8-17-9-7-11/h5-13,22,24-25,30H,14-19H2,1-4H3,(H,28,31);4-8,12-13H,9-10H2,1-3H3,(H,16,17);2-5,11,13H,6-9H2,1H3/t24-,25+;;/m0../s1. The Morgan fingerprint density at radius 3 is 1.55 bits per heavy atom. The highest BCUT2D eigenvalue weighted by Crippen LogP contribution is 2.25. The fraction of sp³-hybridized carbons (Fsp3) is 0.519. The molecular formula is C54H76N4O16S2. The van der Waals surface area contributed by atoms with Crippen molar-refractivity contribution in [1.82, 2.24) is 20.0 Å². The second-order valence-electron chi connectivity index (χ2n) is 20.1. The van der Waals surface area contributed by atoms with E-state index in [-0.39, 0.29) is 40.6 Å². The van der Waals surface area contributed by atoms with Gasteiger partial charge in [0.25, 0.3) is 20.0 Å². The molecule has 0 aliphatic carbocycles. The number of sulfonamides is 2. The average molecular weight is 1100 g/mol. The zero-order valence-corrected chi connectivity index (χ0v) is 46.3. The number of aliphatic hydroxyl groups excluding tert-OH is 1. The van der Waals surface area contributed by atoms with Crippen LogP contribution in [0.1, 0.15) is 78.4 Å². The van der Waals surface area contributed by atoms with Gasteiger partial charge in [0.2, 0.25) is 0 Å². The number of aliphatic hydroxyl groups is 1. The van der Waals surface area contributed by atoms with Crippen LogP contribution in [0.15, 0.2) is 119 Å². The molecule has 3 heterocycles. The van der Waals surface area contributed by atoms with Crippen molar-refractivity contribution >= 4 is 32.2 Å². The molecule has 4 atom stereocenters. The van der Waals surface area contributed by atoms with Gasteiger partial charge in [0.15, 0.2) is 0 Å². The number of hydrogen-bond donors (Lipinski definition) is 4. The quantitative estimate of drug-likeness (QED) is 0.0519. The maximum absolute atomic E-state index is 13.6. The zero-order valence-electron chi connectivity index (χ0n) is 44.7. The number of nitrogens with zero attached hydrogens (tertiary/aromatic N) is 1. The van der Waals surface area contributed by atoms with E-state index in [1.165, 1.54) is 56.2 Å². The molecule has 7 rings (SSSR count). The lowest BCUT2D eigenvalue weighted by Crippen LogP contribution is -2.52. The van der Waals surface area contributed by atoms with Crippen molar-refractivity contribution in [1.29, 1.82) is 0 Å². The van der Waals surface area contributed by atoms with E-state index in [1.54, 1.807) is 32.9 Å². The van der Waals surface area contributed by atoms with Crippen LogP contribution in [-0.4, -0.2) is 140 Å². The number of benzene rings is 4. The first-order valence-electron chi connectivity index (χ1n) is 25.2. The van der Waals surface area contributed by atoms with Gasteiger partial charge < -0.3 is 48.9 Å². The molecule has 0 bridgehead atoms. The molecule has 4 aromatic rings. The number of rotatable bonds is 20. The molecule has 4 N–H and O–H groups in total. The Hall–Kier alpha value is -5.40. The summed E-state index contributed by atoms with van der Waals surface area (Å²) in [6, 6.07) is 30.5. The van der Waals surface area contributed by atoms with Crippen LogP contribution >= 0.6 is 0 Å². The van der Waals surface area contributed by atoms with Crippen molar-refractivity contribution in [2.24, 2.45) is 0 Å². The fourth-order valence-corrected chi connectivity index (χ4v) is 9.67. The molecular weight excluding hydrogens is 1020 g/mol. The van der Waals surface area contributed by atoms with E-state index < -0.39 is 62.1 Å². The number of amides is 2. The highest BCUT2D eigenvalue weighted by atomic mass is 32.2. The highest BCUT2D eigenvalue weighted by Gasteiger charge is 2.36. The Labute approximate surface area is 448 Å². The number of carbonyl (C=O) groups excluding carboxylic acids is 2. The Morgan fingerprint density at radius 1 is 0.645 bits per heavy atom. The van der Waals surface area contributed by atoms with Gasteiger partial charge in [-0.25, -0.2) is 26.4 Å². The van der Waals surface area contributed by atoms with Crippen LogP contribution in [-0.2, 0) is 66.2 Å². The maximum atomic E-state index is 13.6. The van der Waals surface area contributed by atoms with Crippen LogP contribution in [0.25, 0.3) is 0 Å². The van der Waals surface area contributed by atoms with Gasteiger partial charge in [-0.3, -0.25) is 9.68 Å². The first-order valence-corrected chi connectivity index (χ1v) is 28.1. The highest BCUT2D eigenvalue weighted by molar-refractivity contribution is 7.89. The molecule has 20 nitrogen and oxygen atoms in total.